The van der Waals surface area contributed by atoms with Crippen LogP contribution in [0.4, 0.5) is 0 Å². The van der Waals surface area contributed by atoms with Gasteiger partial charge in [0.2, 0.25) is 0 Å². The van der Waals surface area contributed by atoms with Crippen LogP contribution in [-0.4, -0.2) is 47.1 Å². The first-order chi connectivity index (χ1) is 18.8. The minimum Gasteiger partial charge on any atom is -0.494 e. The van der Waals surface area contributed by atoms with Crippen LogP contribution < -0.4 is 15.4 Å². The van der Waals surface area contributed by atoms with Crippen molar-refractivity contribution in [3.05, 3.63) is 70.9 Å². The Morgan fingerprint density at radius 1 is 0.949 bits per heavy atom. The smallest absolute Gasteiger partial charge is 0.307 e. The van der Waals surface area contributed by atoms with Gasteiger partial charge in [-0.1, -0.05) is 37.1 Å². The van der Waals surface area contributed by atoms with Gasteiger partial charge in [0.1, 0.15) is 11.4 Å². The monoisotopic (exact) mass is 534 g/mol. The van der Waals surface area contributed by atoms with Crippen LogP contribution in [0.1, 0.15) is 72.3 Å². The summed E-state index contributed by atoms with van der Waals surface area (Å²) < 4.78 is 5.74. The van der Waals surface area contributed by atoms with Crippen molar-refractivity contribution in [2.75, 3.05) is 13.2 Å². The molecule has 206 valence electrons. The van der Waals surface area contributed by atoms with Crippen LogP contribution in [0.25, 0.3) is 6.08 Å². The molecular formula is C30H34N2O7. The molecule has 4 N–H and O–H groups in total. The van der Waals surface area contributed by atoms with Crippen LogP contribution in [0.3, 0.4) is 0 Å². The highest BCUT2D eigenvalue weighted by molar-refractivity contribution is 6.05. The molecule has 0 bridgehead atoms. The fourth-order valence-corrected chi connectivity index (χ4v) is 4.23. The molecule has 2 saturated carbocycles. The first-order valence-electron chi connectivity index (χ1n) is 13.4. The highest BCUT2D eigenvalue weighted by Crippen LogP contribution is 2.40. The van der Waals surface area contributed by atoms with Crippen molar-refractivity contribution in [1.82, 2.24) is 10.6 Å². The van der Waals surface area contributed by atoms with Crippen molar-refractivity contribution in [2.45, 2.75) is 50.9 Å². The Kier molecular flexibility index (Phi) is 9.35. The van der Waals surface area contributed by atoms with Gasteiger partial charge in [0.25, 0.3) is 11.8 Å². The van der Waals surface area contributed by atoms with E-state index in [-0.39, 0.29) is 18.7 Å². The van der Waals surface area contributed by atoms with E-state index in [1.165, 1.54) is 31.2 Å². The second-order valence-electron chi connectivity index (χ2n) is 10.2. The summed E-state index contributed by atoms with van der Waals surface area (Å²) in [6, 6.07) is 14.5. The number of carboxylic acids is 2. The lowest BCUT2D eigenvalue weighted by Crippen LogP contribution is -2.36. The molecule has 9 heteroatoms. The number of ether oxygens (including phenoxy) is 1. The summed E-state index contributed by atoms with van der Waals surface area (Å²) in [6.07, 6.45) is 6.84. The number of nitrogens with one attached hydrogen (secondary N) is 2. The van der Waals surface area contributed by atoms with E-state index in [1.807, 2.05) is 24.3 Å². The van der Waals surface area contributed by atoms with Crippen molar-refractivity contribution >= 4 is 29.8 Å². The van der Waals surface area contributed by atoms with Gasteiger partial charge in [-0.25, -0.2) is 0 Å². The molecule has 1 atom stereocenters. The Balaban J connectivity index is 1.41. The molecule has 39 heavy (non-hydrogen) atoms. The second-order valence-corrected chi connectivity index (χ2v) is 10.2. The Hall–Kier alpha value is -4.14. The van der Waals surface area contributed by atoms with Gasteiger partial charge in [0.05, 0.1) is 18.9 Å². The molecule has 2 aromatic carbocycles. The van der Waals surface area contributed by atoms with E-state index in [2.05, 4.69) is 10.6 Å². The topological polar surface area (TPSA) is 142 Å². The van der Waals surface area contributed by atoms with Gasteiger partial charge in [0.15, 0.2) is 0 Å². The molecule has 0 aromatic heterocycles. The van der Waals surface area contributed by atoms with Gasteiger partial charge >= 0.3 is 11.9 Å². The average molecular weight is 535 g/mol. The van der Waals surface area contributed by atoms with Crippen LogP contribution in [0.5, 0.6) is 5.75 Å². The Morgan fingerprint density at radius 2 is 1.64 bits per heavy atom. The lowest BCUT2D eigenvalue weighted by Gasteiger charge is -2.14. The zero-order valence-electron chi connectivity index (χ0n) is 21.7. The molecule has 1 unspecified atom stereocenters. The fourth-order valence-electron chi connectivity index (χ4n) is 4.23. The summed E-state index contributed by atoms with van der Waals surface area (Å²) in [5, 5.41) is 23.4. The molecule has 0 saturated heterocycles. The maximum atomic E-state index is 13.0. The minimum atomic E-state index is -1.24. The molecule has 4 rings (SSSR count). The summed E-state index contributed by atoms with van der Waals surface area (Å²) in [4.78, 5) is 48.3. The van der Waals surface area contributed by atoms with Gasteiger partial charge < -0.3 is 25.6 Å². The lowest BCUT2D eigenvalue weighted by atomic mass is 10.0. The molecule has 9 nitrogen and oxygen atoms in total. The van der Waals surface area contributed by atoms with Crippen LogP contribution >= 0.6 is 0 Å². The SMILES string of the molecule is O=C(O)CC(CCNC(=O)C(=Cc1ccc(C2CC2)cc1)NC(=O)c1ccc(OCCC2CC2)cc1)C(=O)O. The van der Waals surface area contributed by atoms with E-state index in [1.54, 1.807) is 30.3 Å². The van der Waals surface area contributed by atoms with Gasteiger partial charge in [-0.2, -0.15) is 0 Å². The number of amides is 2. The zero-order valence-corrected chi connectivity index (χ0v) is 21.7. The molecular weight excluding hydrogens is 500 g/mol. The normalized spacial score (nSPS) is 15.7. The largest absolute Gasteiger partial charge is 0.494 e. The fraction of sp³-hybridized carbons (Fsp3) is 0.400. The number of aliphatic carboxylic acids is 2. The first kappa shape index (κ1) is 27.9. The number of carbonyl (C=O) groups is 4. The van der Waals surface area contributed by atoms with Crippen LogP contribution in [0.15, 0.2) is 54.2 Å². The number of hydrogen-bond acceptors (Lipinski definition) is 5. The zero-order chi connectivity index (χ0) is 27.8. The van der Waals surface area contributed by atoms with Crippen molar-refractivity contribution in [3.63, 3.8) is 0 Å². The molecule has 0 heterocycles. The third-order valence-electron chi connectivity index (χ3n) is 6.95. The number of benzene rings is 2. The van der Waals surface area contributed by atoms with Crippen LogP contribution in [0, 0.1) is 11.8 Å². The summed E-state index contributed by atoms with van der Waals surface area (Å²) in [6.45, 7) is 0.571. The van der Waals surface area contributed by atoms with E-state index in [0.717, 1.165) is 17.9 Å². The van der Waals surface area contributed by atoms with Crippen molar-refractivity contribution in [2.24, 2.45) is 11.8 Å². The van der Waals surface area contributed by atoms with E-state index in [4.69, 9.17) is 9.84 Å². The van der Waals surface area contributed by atoms with Gasteiger partial charge in [-0.3, -0.25) is 19.2 Å². The van der Waals surface area contributed by atoms with E-state index in [0.29, 0.717) is 23.8 Å². The maximum Gasteiger partial charge on any atom is 0.307 e. The summed E-state index contributed by atoms with van der Waals surface area (Å²) in [5.74, 6) is -2.67. The minimum absolute atomic E-state index is 0.00552. The summed E-state index contributed by atoms with van der Waals surface area (Å²) in [5.41, 5.74) is 2.30. The Morgan fingerprint density at radius 3 is 2.23 bits per heavy atom. The molecule has 2 fully saturated rings. The summed E-state index contributed by atoms with van der Waals surface area (Å²) >= 11 is 0. The Bertz CT molecular complexity index is 1210. The number of carboxylic acid groups (broad SMARTS) is 2. The molecule has 0 spiro atoms. The quantitative estimate of drug-likeness (QED) is 0.251. The molecule has 2 amide bonds. The Labute approximate surface area is 227 Å². The molecule has 0 radical (unpaired) electrons. The highest BCUT2D eigenvalue weighted by atomic mass is 16.5. The molecule has 2 aromatic rings. The maximum absolute atomic E-state index is 13.0. The average Bonchev–Trinajstić information content (AvgIpc) is 3.83. The van der Waals surface area contributed by atoms with E-state index >= 15 is 0 Å². The van der Waals surface area contributed by atoms with Crippen molar-refractivity contribution in [1.29, 1.82) is 0 Å². The molecule has 2 aliphatic rings. The van der Waals surface area contributed by atoms with E-state index in [9.17, 15) is 24.3 Å². The second kappa shape index (κ2) is 13.1. The van der Waals surface area contributed by atoms with Gasteiger partial charge in [0, 0.05) is 12.1 Å². The number of rotatable bonds is 15. The van der Waals surface area contributed by atoms with Crippen molar-refractivity contribution in [3.8, 4) is 5.75 Å². The molecule has 0 aliphatic heterocycles. The standard InChI is InChI=1S/C30H34N2O7/c33-27(34)18-24(30(37)38)13-15-31-29(36)26(17-20-3-5-21(6-4-20)22-7-8-22)32-28(35)23-9-11-25(12-10-23)39-16-14-19-1-2-19/h3-6,9-12,17,19,22,24H,1-2,7-8,13-16,18H2,(H,31,36)(H,32,35)(H,33,34)(H,37,38). The van der Waals surface area contributed by atoms with Crippen LogP contribution in [0.2, 0.25) is 0 Å². The lowest BCUT2D eigenvalue weighted by molar-refractivity contribution is -0.148. The third-order valence-corrected chi connectivity index (χ3v) is 6.95. The number of carbonyl (C=O) groups excluding carboxylic acids is 2. The summed E-state index contributed by atoms with van der Waals surface area (Å²) in [7, 11) is 0. The van der Waals surface area contributed by atoms with Crippen molar-refractivity contribution < 1.29 is 34.1 Å². The van der Waals surface area contributed by atoms with Gasteiger partial charge in [-0.05, 0) is 79.0 Å². The highest BCUT2D eigenvalue weighted by Gasteiger charge is 2.24. The van der Waals surface area contributed by atoms with E-state index < -0.39 is 36.1 Å². The predicted molar refractivity (Wildman–Crippen MR) is 144 cm³/mol. The van der Waals surface area contributed by atoms with Gasteiger partial charge in [-0.15, -0.1) is 0 Å². The predicted octanol–water partition coefficient (Wildman–Crippen LogP) is 4.20. The van der Waals surface area contributed by atoms with Crippen LogP contribution in [-0.2, 0) is 14.4 Å². The molecule has 2 aliphatic carbocycles. The number of hydrogen-bond donors (Lipinski definition) is 4. The third kappa shape index (κ3) is 8.98. The first-order valence-corrected chi connectivity index (χ1v) is 13.4.